The smallest absolute Gasteiger partial charge is 0.0191 e. The molecule has 2 heterocycles. The second kappa shape index (κ2) is 10.1. The van der Waals surface area contributed by atoms with E-state index < -0.39 is 0 Å². The first-order chi connectivity index (χ1) is 14.9. The topological polar surface area (TPSA) is 0 Å². The molecule has 0 saturated carbocycles. The molecule has 0 saturated heterocycles. The van der Waals surface area contributed by atoms with Crippen LogP contribution in [-0.2, 0) is 46.0 Å². The van der Waals surface area contributed by atoms with E-state index in [0.717, 1.165) is 46.0 Å². The first-order valence-corrected chi connectivity index (χ1v) is 15.1. The number of thioether (sulfide) groups is 4. The molecule has 0 amide bonds. The van der Waals surface area contributed by atoms with Crippen LogP contribution in [-0.4, -0.2) is 0 Å². The van der Waals surface area contributed by atoms with Gasteiger partial charge >= 0.3 is 0 Å². The van der Waals surface area contributed by atoms with E-state index in [1.807, 2.05) is 0 Å². The highest BCUT2D eigenvalue weighted by Crippen LogP contribution is 2.35. The summed E-state index contributed by atoms with van der Waals surface area (Å²) in [5, 5.41) is 0. The lowest BCUT2D eigenvalue weighted by Crippen LogP contribution is -1.99. The van der Waals surface area contributed by atoms with Gasteiger partial charge in [-0.05, 0) is 44.5 Å². The third kappa shape index (κ3) is 4.93. The van der Waals surface area contributed by atoms with Crippen molar-refractivity contribution >= 4 is 47.0 Å². The Morgan fingerprint density at radius 2 is 0.567 bits per heavy atom. The summed E-state index contributed by atoms with van der Waals surface area (Å²) in [6.07, 6.45) is 0. The van der Waals surface area contributed by atoms with Gasteiger partial charge in [-0.25, -0.2) is 0 Å². The van der Waals surface area contributed by atoms with Crippen LogP contribution in [0.3, 0.4) is 0 Å². The summed E-state index contributed by atoms with van der Waals surface area (Å²) >= 11 is 8.30. The second-order valence-electron chi connectivity index (χ2n) is 7.90. The fourth-order valence-electron chi connectivity index (χ4n) is 4.09. The van der Waals surface area contributed by atoms with Gasteiger partial charge in [0.05, 0.1) is 0 Å². The van der Waals surface area contributed by atoms with E-state index in [2.05, 4.69) is 108 Å². The number of rotatable bonds is 0. The zero-order valence-corrected chi connectivity index (χ0v) is 20.3. The summed E-state index contributed by atoms with van der Waals surface area (Å²) in [5.74, 6) is 8.93. The minimum atomic E-state index is 1.11. The standard InChI is InChI=1S/C26H26S4/c1-2-6-20-12-28-16-24-9-23(15-27-11-19(20)5-1)25-10-26(24)18-30-14-22-8-4-3-7-21(22)13-29-17-25/h1-10H,11-18H2. The Balaban J connectivity index is 1.45. The third-order valence-electron chi connectivity index (χ3n) is 5.82. The number of hydrogen-bond acceptors (Lipinski definition) is 4. The molecular formula is C26H26S4. The molecule has 0 N–H and O–H groups in total. The maximum absolute atomic E-state index is 2.55. The van der Waals surface area contributed by atoms with E-state index in [1.165, 1.54) is 22.3 Å². The molecule has 5 rings (SSSR count). The molecule has 0 radical (unpaired) electrons. The SMILES string of the molecule is c1ccc2c(c1)CSCc1cc(c3cc1CSCc1ccccc1CSC3)CSC2. The van der Waals surface area contributed by atoms with Crippen LogP contribution in [0.4, 0.5) is 0 Å². The van der Waals surface area contributed by atoms with Crippen molar-refractivity contribution in [1.82, 2.24) is 0 Å². The van der Waals surface area contributed by atoms with E-state index in [4.69, 9.17) is 0 Å². The number of fused-ring (bicyclic) bond motifs is 8. The van der Waals surface area contributed by atoms with Crippen LogP contribution >= 0.6 is 47.0 Å². The molecule has 3 aromatic rings. The van der Waals surface area contributed by atoms with Gasteiger partial charge in [-0.15, -0.1) is 0 Å². The molecule has 0 atom stereocenters. The van der Waals surface area contributed by atoms with Crippen molar-refractivity contribution in [2.75, 3.05) is 0 Å². The normalized spacial score (nSPS) is 17.1. The van der Waals surface area contributed by atoms with Crippen LogP contribution in [0.5, 0.6) is 0 Å². The molecule has 4 bridgehead atoms. The van der Waals surface area contributed by atoms with Gasteiger partial charge in [-0.3, -0.25) is 0 Å². The largest absolute Gasteiger partial charge is 0.152 e. The predicted octanol–water partition coefficient (Wildman–Crippen LogP) is 8.05. The molecule has 0 spiro atoms. The zero-order chi connectivity index (χ0) is 20.2. The van der Waals surface area contributed by atoms with Crippen molar-refractivity contribution in [3.63, 3.8) is 0 Å². The Labute approximate surface area is 197 Å². The fourth-order valence-corrected chi connectivity index (χ4v) is 8.46. The maximum atomic E-state index is 2.55. The van der Waals surface area contributed by atoms with Crippen LogP contribution in [0.2, 0.25) is 0 Å². The quantitative estimate of drug-likeness (QED) is 0.328. The molecular weight excluding hydrogens is 441 g/mol. The summed E-state index contributed by atoms with van der Waals surface area (Å²) in [6.45, 7) is 0. The third-order valence-corrected chi connectivity index (χ3v) is 9.94. The molecule has 0 nitrogen and oxygen atoms in total. The summed E-state index contributed by atoms with van der Waals surface area (Å²) in [6, 6.07) is 23.1. The van der Waals surface area contributed by atoms with E-state index >= 15 is 0 Å². The Kier molecular flexibility index (Phi) is 7.06. The van der Waals surface area contributed by atoms with Gasteiger partial charge in [0.25, 0.3) is 0 Å². The van der Waals surface area contributed by atoms with Crippen LogP contribution in [0.25, 0.3) is 0 Å². The highest BCUT2D eigenvalue weighted by Gasteiger charge is 2.15. The van der Waals surface area contributed by atoms with Crippen molar-refractivity contribution in [2.45, 2.75) is 46.0 Å². The number of hydrogen-bond donors (Lipinski definition) is 0. The van der Waals surface area contributed by atoms with E-state index in [9.17, 15) is 0 Å². The Hall–Kier alpha value is -0.940. The van der Waals surface area contributed by atoms with Gasteiger partial charge in [0.1, 0.15) is 0 Å². The minimum absolute atomic E-state index is 1.11. The monoisotopic (exact) mass is 466 g/mol. The predicted molar refractivity (Wildman–Crippen MR) is 139 cm³/mol. The fraction of sp³-hybridized carbons (Fsp3) is 0.308. The van der Waals surface area contributed by atoms with Crippen molar-refractivity contribution in [3.8, 4) is 0 Å². The molecule has 2 aliphatic rings. The van der Waals surface area contributed by atoms with E-state index in [1.54, 1.807) is 22.3 Å². The molecule has 0 aromatic heterocycles. The minimum Gasteiger partial charge on any atom is -0.152 e. The Bertz CT molecular complexity index is 868. The average Bonchev–Trinajstić information content (AvgIpc) is 2.83. The van der Waals surface area contributed by atoms with Crippen LogP contribution in [0.1, 0.15) is 44.5 Å². The molecule has 0 aliphatic carbocycles. The van der Waals surface area contributed by atoms with Crippen LogP contribution in [0.15, 0.2) is 60.7 Å². The summed E-state index contributed by atoms with van der Waals surface area (Å²) < 4.78 is 0. The lowest BCUT2D eigenvalue weighted by Gasteiger charge is -2.16. The first-order valence-electron chi connectivity index (χ1n) is 10.4. The summed E-state index contributed by atoms with van der Waals surface area (Å²) in [5.41, 5.74) is 12.3. The average molecular weight is 467 g/mol. The number of benzene rings is 3. The first kappa shape index (κ1) is 20.9. The van der Waals surface area contributed by atoms with Crippen molar-refractivity contribution in [2.24, 2.45) is 0 Å². The van der Waals surface area contributed by atoms with Crippen molar-refractivity contribution < 1.29 is 0 Å². The Morgan fingerprint density at radius 1 is 0.333 bits per heavy atom. The second-order valence-corrected chi connectivity index (χ2v) is 11.8. The van der Waals surface area contributed by atoms with Gasteiger partial charge in [-0.1, -0.05) is 60.7 Å². The van der Waals surface area contributed by atoms with Crippen LogP contribution < -0.4 is 0 Å². The molecule has 4 heteroatoms. The molecule has 154 valence electrons. The lowest BCUT2D eigenvalue weighted by molar-refractivity contribution is 1.18. The highest BCUT2D eigenvalue weighted by atomic mass is 32.2. The van der Waals surface area contributed by atoms with Gasteiger partial charge in [0.15, 0.2) is 0 Å². The van der Waals surface area contributed by atoms with Crippen molar-refractivity contribution in [1.29, 1.82) is 0 Å². The Morgan fingerprint density at radius 3 is 0.833 bits per heavy atom. The van der Waals surface area contributed by atoms with Gasteiger partial charge < -0.3 is 0 Å². The lowest BCUT2D eigenvalue weighted by atomic mass is 10.0. The van der Waals surface area contributed by atoms with E-state index in [-0.39, 0.29) is 0 Å². The van der Waals surface area contributed by atoms with Gasteiger partial charge in [0.2, 0.25) is 0 Å². The molecule has 3 aromatic carbocycles. The van der Waals surface area contributed by atoms with Gasteiger partial charge in [-0.2, -0.15) is 47.0 Å². The molecule has 0 fully saturated rings. The van der Waals surface area contributed by atoms with Gasteiger partial charge in [0, 0.05) is 46.0 Å². The molecule has 2 aliphatic heterocycles. The zero-order valence-electron chi connectivity index (χ0n) is 17.1. The summed E-state index contributed by atoms with van der Waals surface area (Å²) in [7, 11) is 0. The van der Waals surface area contributed by atoms with E-state index in [0.29, 0.717) is 0 Å². The summed E-state index contributed by atoms with van der Waals surface area (Å²) in [4.78, 5) is 0. The maximum Gasteiger partial charge on any atom is 0.0191 e. The molecule has 30 heavy (non-hydrogen) atoms. The molecule has 0 unspecified atom stereocenters. The highest BCUT2D eigenvalue weighted by molar-refractivity contribution is 7.98. The van der Waals surface area contributed by atoms with Crippen molar-refractivity contribution in [3.05, 3.63) is 105 Å². The van der Waals surface area contributed by atoms with Crippen LogP contribution in [0, 0.1) is 0 Å².